The normalized spacial score (nSPS) is 12.0. The van der Waals surface area contributed by atoms with Gasteiger partial charge in [0.2, 0.25) is 4.80 Å². The highest BCUT2D eigenvalue weighted by atomic mass is 79.9. The smallest absolute Gasteiger partial charge is 0.211 e. The minimum absolute atomic E-state index is 0.727. The summed E-state index contributed by atoms with van der Waals surface area (Å²) in [6.45, 7) is 0. The number of H-pyrrole nitrogens is 1. The molecule has 34 heavy (non-hydrogen) atoms. The van der Waals surface area contributed by atoms with E-state index in [0.29, 0.717) is 0 Å². The molecule has 0 aliphatic rings. The lowest BCUT2D eigenvalue weighted by molar-refractivity contribution is 0.404. The fourth-order valence-electron chi connectivity index (χ4n) is 3.64. The molecule has 2 heterocycles. The quantitative estimate of drug-likeness (QED) is 0.250. The molecule has 0 spiro atoms. The van der Waals surface area contributed by atoms with E-state index in [1.54, 1.807) is 14.2 Å². The van der Waals surface area contributed by atoms with Crippen molar-refractivity contribution < 1.29 is 9.47 Å². The molecule has 0 atom stereocenters. The van der Waals surface area contributed by atoms with Crippen LogP contribution in [0.4, 0.5) is 5.69 Å². The fourth-order valence-corrected chi connectivity index (χ4v) is 4.85. The molecule has 5 rings (SSSR count). The molecular weight excluding hydrogens is 512 g/mol. The van der Waals surface area contributed by atoms with Crippen molar-refractivity contribution in [2.24, 2.45) is 10.1 Å². The van der Waals surface area contributed by atoms with E-state index in [2.05, 4.69) is 27.0 Å². The third kappa shape index (κ3) is 4.42. The second kappa shape index (κ2) is 9.70. The molecule has 3 aromatic carbocycles. The van der Waals surface area contributed by atoms with Crippen LogP contribution in [0.25, 0.3) is 22.2 Å². The summed E-state index contributed by atoms with van der Waals surface area (Å²) in [5.41, 5.74) is 4.60. The van der Waals surface area contributed by atoms with Gasteiger partial charge in [-0.2, -0.15) is 5.10 Å². The number of ether oxygens (including phenoxy) is 2. The van der Waals surface area contributed by atoms with E-state index < -0.39 is 0 Å². The molecule has 0 amide bonds. The molecule has 0 radical (unpaired) electrons. The standard InChI is InChI=1S/C26H21BrN4O2S/c1-32-20-9-11-25(33-2)22(13-20)24-16-34-26(30-19-6-4-3-5-7-19)31(24)29-15-17-14-28-23-10-8-18(27)12-21(17)23/h3-16,28H,1-2H3. The maximum absolute atomic E-state index is 5.65. The van der Waals surface area contributed by atoms with Crippen molar-refractivity contribution in [3.05, 3.63) is 93.1 Å². The van der Waals surface area contributed by atoms with Crippen LogP contribution in [0.3, 0.4) is 0 Å². The number of fused-ring (bicyclic) bond motifs is 1. The largest absolute Gasteiger partial charge is 0.497 e. The van der Waals surface area contributed by atoms with Crippen LogP contribution in [0.15, 0.2) is 92.9 Å². The van der Waals surface area contributed by atoms with Crippen LogP contribution in [0.1, 0.15) is 5.56 Å². The van der Waals surface area contributed by atoms with Crippen molar-refractivity contribution in [3.63, 3.8) is 0 Å². The van der Waals surface area contributed by atoms with Crippen LogP contribution in [0.5, 0.6) is 11.5 Å². The Morgan fingerprint density at radius 1 is 1.00 bits per heavy atom. The van der Waals surface area contributed by atoms with Crippen LogP contribution < -0.4 is 14.3 Å². The van der Waals surface area contributed by atoms with Crippen LogP contribution in [-0.2, 0) is 0 Å². The lowest BCUT2D eigenvalue weighted by Crippen LogP contribution is -2.11. The number of methoxy groups -OCH3 is 2. The number of para-hydroxylation sites is 1. The van der Waals surface area contributed by atoms with Crippen molar-refractivity contribution in [1.82, 2.24) is 9.66 Å². The fraction of sp³-hybridized carbons (Fsp3) is 0.0769. The highest BCUT2D eigenvalue weighted by Gasteiger charge is 2.14. The number of aromatic amines is 1. The molecule has 0 saturated heterocycles. The SMILES string of the molecule is COc1ccc(OC)c(-c2csc(=Nc3ccccc3)n2N=Cc2c[nH]c3ccc(Br)cc23)c1. The summed E-state index contributed by atoms with van der Waals surface area (Å²) in [5.74, 6) is 1.46. The Bertz CT molecular complexity index is 1550. The first-order valence-corrected chi connectivity index (χ1v) is 12.2. The van der Waals surface area contributed by atoms with Gasteiger partial charge in [-0.3, -0.25) is 0 Å². The van der Waals surface area contributed by atoms with E-state index in [4.69, 9.17) is 19.6 Å². The van der Waals surface area contributed by atoms with E-state index in [-0.39, 0.29) is 0 Å². The molecule has 0 bridgehead atoms. The molecule has 0 unspecified atom stereocenters. The van der Waals surface area contributed by atoms with Crippen molar-refractivity contribution in [2.45, 2.75) is 0 Å². The topological polar surface area (TPSA) is 63.9 Å². The summed E-state index contributed by atoms with van der Waals surface area (Å²) in [4.78, 5) is 8.88. The van der Waals surface area contributed by atoms with Crippen LogP contribution in [0, 0.1) is 0 Å². The maximum Gasteiger partial charge on any atom is 0.211 e. The number of hydrogen-bond donors (Lipinski definition) is 1. The first-order chi connectivity index (χ1) is 16.7. The molecule has 1 N–H and O–H groups in total. The lowest BCUT2D eigenvalue weighted by Gasteiger charge is -2.11. The second-order valence-electron chi connectivity index (χ2n) is 7.41. The molecule has 6 nitrogen and oxygen atoms in total. The van der Waals surface area contributed by atoms with Gasteiger partial charge in [0.1, 0.15) is 11.5 Å². The van der Waals surface area contributed by atoms with Crippen molar-refractivity contribution in [1.29, 1.82) is 0 Å². The van der Waals surface area contributed by atoms with Crippen LogP contribution in [-0.4, -0.2) is 30.1 Å². The summed E-state index contributed by atoms with van der Waals surface area (Å²) >= 11 is 5.07. The number of thiazole rings is 1. The second-order valence-corrected chi connectivity index (χ2v) is 9.16. The zero-order chi connectivity index (χ0) is 23.5. The Morgan fingerprint density at radius 2 is 1.85 bits per heavy atom. The van der Waals surface area contributed by atoms with Gasteiger partial charge < -0.3 is 14.5 Å². The van der Waals surface area contributed by atoms with E-state index in [9.17, 15) is 0 Å². The van der Waals surface area contributed by atoms with Crippen molar-refractivity contribution >= 4 is 50.1 Å². The molecule has 0 aliphatic carbocycles. The Labute approximate surface area is 209 Å². The predicted octanol–water partition coefficient (Wildman–Crippen LogP) is 6.59. The zero-order valence-corrected chi connectivity index (χ0v) is 20.9. The molecule has 0 saturated carbocycles. The van der Waals surface area contributed by atoms with Crippen LogP contribution >= 0.6 is 27.3 Å². The molecule has 5 aromatic rings. The monoisotopic (exact) mass is 532 g/mol. The summed E-state index contributed by atoms with van der Waals surface area (Å²) in [6, 6.07) is 21.7. The van der Waals surface area contributed by atoms with Gasteiger partial charge in [-0.25, -0.2) is 9.67 Å². The lowest BCUT2D eigenvalue weighted by atomic mass is 10.1. The molecular formula is C26H21BrN4O2S. The van der Waals surface area contributed by atoms with E-state index in [1.165, 1.54) is 11.3 Å². The van der Waals surface area contributed by atoms with Gasteiger partial charge in [0, 0.05) is 38.1 Å². The minimum atomic E-state index is 0.727. The molecule has 2 aromatic heterocycles. The Hall–Kier alpha value is -3.62. The number of aromatic nitrogens is 2. The molecule has 0 fully saturated rings. The average Bonchev–Trinajstić information content (AvgIpc) is 3.46. The number of nitrogens with one attached hydrogen (secondary N) is 1. The zero-order valence-electron chi connectivity index (χ0n) is 18.5. The van der Waals surface area contributed by atoms with Gasteiger partial charge in [-0.1, -0.05) is 34.1 Å². The average molecular weight is 533 g/mol. The van der Waals surface area contributed by atoms with Crippen molar-refractivity contribution in [3.8, 4) is 22.8 Å². The highest BCUT2D eigenvalue weighted by molar-refractivity contribution is 9.10. The molecule has 170 valence electrons. The van der Waals surface area contributed by atoms with Gasteiger partial charge in [0.15, 0.2) is 0 Å². The first kappa shape index (κ1) is 22.2. The number of hydrogen-bond acceptors (Lipinski definition) is 5. The summed E-state index contributed by atoms with van der Waals surface area (Å²) < 4.78 is 14.0. The van der Waals surface area contributed by atoms with Gasteiger partial charge in [-0.05, 0) is 48.5 Å². The van der Waals surface area contributed by atoms with E-state index >= 15 is 0 Å². The maximum atomic E-state index is 5.65. The van der Waals surface area contributed by atoms with E-state index in [0.717, 1.165) is 54.2 Å². The van der Waals surface area contributed by atoms with Crippen molar-refractivity contribution in [2.75, 3.05) is 14.2 Å². The minimum Gasteiger partial charge on any atom is -0.497 e. The third-order valence-corrected chi connectivity index (χ3v) is 6.65. The van der Waals surface area contributed by atoms with Gasteiger partial charge in [0.05, 0.1) is 31.8 Å². The molecule has 0 aliphatic heterocycles. The first-order valence-electron chi connectivity index (χ1n) is 10.5. The molecule has 8 heteroatoms. The summed E-state index contributed by atoms with van der Waals surface area (Å²) in [5, 5.41) is 7.98. The van der Waals surface area contributed by atoms with Gasteiger partial charge in [-0.15, -0.1) is 11.3 Å². The Morgan fingerprint density at radius 3 is 2.65 bits per heavy atom. The van der Waals surface area contributed by atoms with Crippen LogP contribution in [0.2, 0.25) is 0 Å². The number of rotatable bonds is 6. The van der Waals surface area contributed by atoms with E-state index in [1.807, 2.05) is 83.1 Å². The third-order valence-electron chi connectivity index (χ3n) is 5.34. The summed E-state index contributed by atoms with van der Waals surface area (Å²) in [6.07, 6.45) is 3.80. The highest BCUT2D eigenvalue weighted by Crippen LogP contribution is 2.34. The number of halogens is 1. The van der Waals surface area contributed by atoms with Gasteiger partial charge >= 0.3 is 0 Å². The Balaban J connectivity index is 1.69. The van der Waals surface area contributed by atoms with Gasteiger partial charge in [0.25, 0.3) is 0 Å². The number of benzene rings is 3. The summed E-state index contributed by atoms with van der Waals surface area (Å²) in [7, 11) is 3.31. The number of nitrogens with zero attached hydrogens (tertiary/aromatic N) is 3. The predicted molar refractivity (Wildman–Crippen MR) is 142 cm³/mol. The Kier molecular flexibility index (Phi) is 6.33.